The van der Waals surface area contributed by atoms with Crippen molar-refractivity contribution in [2.45, 2.75) is 65.2 Å². The molecule has 6 nitrogen and oxygen atoms in total. The van der Waals surface area contributed by atoms with E-state index in [0.29, 0.717) is 29.0 Å². The van der Waals surface area contributed by atoms with E-state index in [0.717, 1.165) is 53.2 Å². The maximum absolute atomic E-state index is 13.6. The molecule has 4 aliphatic carbocycles. The molecule has 2 aromatic carbocycles. The van der Waals surface area contributed by atoms with E-state index in [1.54, 1.807) is 31.2 Å². The first kappa shape index (κ1) is 24.9. The number of benzene rings is 2. The van der Waals surface area contributed by atoms with E-state index < -0.39 is 5.97 Å². The zero-order valence-electron chi connectivity index (χ0n) is 22.4. The zero-order valence-corrected chi connectivity index (χ0v) is 22.4. The Hall–Kier alpha value is -3.41. The molecule has 4 aliphatic rings. The summed E-state index contributed by atoms with van der Waals surface area (Å²) in [5.74, 6) is 2.78. The van der Waals surface area contributed by atoms with Gasteiger partial charge in [-0.05, 0) is 112 Å². The summed E-state index contributed by atoms with van der Waals surface area (Å²) < 4.78 is 5.12. The van der Waals surface area contributed by atoms with Crippen LogP contribution in [-0.4, -0.2) is 28.5 Å². The molecular weight excluding hydrogens is 474 g/mol. The fourth-order valence-corrected chi connectivity index (χ4v) is 7.86. The van der Waals surface area contributed by atoms with Gasteiger partial charge < -0.3 is 15.0 Å². The van der Waals surface area contributed by atoms with E-state index in [2.05, 4.69) is 23.3 Å². The summed E-state index contributed by atoms with van der Waals surface area (Å²) in [5.41, 5.74) is 4.84. The largest absolute Gasteiger partial charge is 0.462 e. The van der Waals surface area contributed by atoms with Crippen molar-refractivity contribution in [3.05, 3.63) is 71.0 Å². The smallest absolute Gasteiger partial charge is 0.338 e. The van der Waals surface area contributed by atoms with Crippen molar-refractivity contribution in [3.8, 4) is 11.4 Å². The second kappa shape index (κ2) is 10.0. The van der Waals surface area contributed by atoms with Gasteiger partial charge in [0.25, 0.3) is 5.91 Å². The molecule has 7 rings (SSSR count). The highest BCUT2D eigenvalue weighted by atomic mass is 16.5. The molecule has 1 heterocycles. The molecule has 0 saturated heterocycles. The van der Waals surface area contributed by atoms with E-state index in [1.165, 1.54) is 38.5 Å². The fourth-order valence-electron chi connectivity index (χ4n) is 7.86. The number of aromatic amines is 1. The average Bonchev–Trinajstić information content (AvgIpc) is 3.32. The summed E-state index contributed by atoms with van der Waals surface area (Å²) in [6.07, 6.45) is 10.2. The second-order valence-electron chi connectivity index (χ2n) is 11.9. The number of rotatable bonds is 8. The minimum Gasteiger partial charge on any atom is -0.462 e. The number of carbonyl (C=O) groups excluding carboxylic acids is 2. The van der Waals surface area contributed by atoms with Crippen molar-refractivity contribution in [2.75, 3.05) is 11.9 Å². The van der Waals surface area contributed by atoms with Crippen LogP contribution in [0.4, 0.5) is 5.69 Å². The van der Waals surface area contributed by atoms with Crippen molar-refractivity contribution in [1.29, 1.82) is 0 Å². The summed E-state index contributed by atoms with van der Waals surface area (Å²) in [7, 11) is 0. The van der Waals surface area contributed by atoms with Crippen molar-refractivity contribution < 1.29 is 14.3 Å². The van der Waals surface area contributed by atoms with Crippen molar-refractivity contribution in [1.82, 2.24) is 9.97 Å². The molecule has 4 bridgehead atoms. The Morgan fingerprint density at radius 2 is 1.74 bits per heavy atom. The Kier molecular flexibility index (Phi) is 6.58. The normalized spacial score (nSPS) is 25.4. The number of anilines is 1. The van der Waals surface area contributed by atoms with Gasteiger partial charge in [-0.3, -0.25) is 4.79 Å². The topological polar surface area (TPSA) is 84.1 Å². The highest BCUT2D eigenvalue weighted by Crippen LogP contribution is 2.61. The van der Waals surface area contributed by atoms with Crippen LogP contribution in [0.2, 0.25) is 0 Å². The molecule has 0 radical (unpaired) electrons. The van der Waals surface area contributed by atoms with Crippen molar-refractivity contribution in [2.24, 2.45) is 23.2 Å². The molecule has 0 aliphatic heterocycles. The molecule has 4 fully saturated rings. The number of hydrogen-bond acceptors (Lipinski definition) is 4. The number of H-pyrrole nitrogens is 1. The minimum atomic E-state index is -0.401. The molecule has 0 spiro atoms. The summed E-state index contributed by atoms with van der Waals surface area (Å²) in [6.45, 7) is 4.14. The number of imidazole rings is 1. The zero-order chi connectivity index (χ0) is 26.3. The van der Waals surface area contributed by atoms with Crippen LogP contribution in [-0.2, 0) is 11.2 Å². The number of aryl methyl sites for hydroxylation is 2. The first-order valence-corrected chi connectivity index (χ1v) is 14.1. The SMILES string of the molecule is CCOC(=O)c1cccc(NC(=O)c2nc(-c3ccccc3C)[nH]c2CCC23CC4CC(CC(C4)C2)C3)c1. The maximum atomic E-state index is 13.6. The summed E-state index contributed by atoms with van der Waals surface area (Å²) >= 11 is 0. The van der Waals surface area contributed by atoms with Crippen LogP contribution in [0.5, 0.6) is 0 Å². The van der Waals surface area contributed by atoms with Gasteiger partial charge in [0.15, 0.2) is 0 Å². The Bertz CT molecular complexity index is 1320. The third-order valence-corrected chi connectivity index (χ3v) is 9.10. The highest BCUT2D eigenvalue weighted by Gasteiger charge is 2.50. The number of hydrogen-bond donors (Lipinski definition) is 2. The molecule has 38 heavy (non-hydrogen) atoms. The Labute approximate surface area is 224 Å². The number of aromatic nitrogens is 2. The number of nitrogens with one attached hydrogen (secondary N) is 2. The van der Waals surface area contributed by atoms with Crippen molar-refractivity contribution >= 4 is 17.6 Å². The molecule has 0 unspecified atom stereocenters. The predicted octanol–water partition coefficient (Wildman–Crippen LogP) is 6.96. The Balaban J connectivity index is 1.27. The van der Waals surface area contributed by atoms with Gasteiger partial charge in [-0.15, -0.1) is 0 Å². The number of ether oxygens (including phenoxy) is 1. The van der Waals surface area contributed by atoms with Gasteiger partial charge in [0.1, 0.15) is 11.5 Å². The molecule has 0 atom stereocenters. The van der Waals surface area contributed by atoms with Gasteiger partial charge >= 0.3 is 5.97 Å². The van der Waals surface area contributed by atoms with Gasteiger partial charge in [-0.1, -0.05) is 30.3 Å². The third-order valence-electron chi connectivity index (χ3n) is 9.10. The molecule has 198 valence electrons. The van der Waals surface area contributed by atoms with Crippen molar-refractivity contribution in [3.63, 3.8) is 0 Å². The van der Waals surface area contributed by atoms with Gasteiger partial charge in [0.2, 0.25) is 0 Å². The fraction of sp³-hybridized carbons (Fsp3) is 0.469. The van der Waals surface area contributed by atoms with E-state index in [9.17, 15) is 9.59 Å². The summed E-state index contributed by atoms with van der Waals surface area (Å²) in [6, 6.07) is 15.0. The molecule has 4 saturated carbocycles. The Morgan fingerprint density at radius 3 is 2.42 bits per heavy atom. The highest BCUT2D eigenvalue weighted by molar-refractivity contribution is 6.04. The van der Waals surface area contributed by atoms with Crippen LogP contribution in [0.1, 0.15) is 84.0 Å². The van der Waals surface area contributed by atoms with Crippen LogP contribution in [0.25, 0.3) is 11.4 Å². The van der Waals surface area contributed by atoms with Gasteiger partial charge in [0, 0.05) is 16.9 Å². The van der Waals surface area contributed by atoms with Crippen LogP contribution in [0, 0.1) is 30.1 Å². The predicted molar refractivity (Wildman–Crippen MR) is 148 cm³/mol. The van der Waals surface area contributed by atoms with Crippen LogP contribution < -0.4 is 5.32 Å². The number of amides is 1. The first-order chi connectivity index (χ1) is 18.4. The molecule has 1 aromatic heterocycles. The van der Waals surface area contributed by atoms with E-state index in [1.807, 2.05) is 18.2 Å². The minimum absolute atomic E-state index is 0.261. The molecule has 6 heteroatoms. The maximum Gasteiger partial charge on any atom is 0.338 e. The standard InChI is InChI=1S/C32H37N3O3/c1-3-38-31(37)24-8-6-9-25(16-24)33-30(36)28-27(34-29(35-28)26-10-5-4-7-20(26)2)11-12-32-17-21-13-22(18-32)15-23(14-21)19-32/h4-10,16,21-23H,3,11-15,17-19H2,1-2H3,(H,33,36)(H,34,35). The number of carbonyl (C=O) groups is 2. The lowest BCUT2D eigenvalue weighted by molar-refractivity contribution is -0.0570. The summed E-state index contributed by atoms with van der Waals surface area (Å²) in [5, 5.41) is 2.98. The molecule has 2 N–H and O–H groups in total. The van der Waals surface area contributed by atoms with E-state index in [4.69, 9.17) is 9.72 Å². The van der Waals surface area contributed by atoms with Gasteiger partial charge in [-0.25, -0.2) is 9.78 Å². The van der Waals surface area contributed by atoms with Gasteiger partial charge in [-0.2, -0.15) is 0 Å². The second-order valence-corrected chi connectivity index (χ2v) is 11.9. The van der Waals surface area contributed by atoms with Gasteiger partial charge in [0.05, 0.1) is 12.2 Å². The lowest BCUT2D eigenvalue weighted by atomic mass is 9.48. The number of nitrogens with zero attached hydrogens (tertiary/aromatic N) is 1. The van der Waals surface area contributed by atoms with Crippen LogP contribution in [0.3, 0.4) is 0 Å². The first-order valence-electron chi connectivity index (χ1n) is 14.1. The van der Waals surface area contributed by atoms with E-state index >= 15 is 0 Å². The van der Waals surface area contributed by atoms with Crippen LogP contribution >= 0.6 is 0 Å². The summed E-state index contributed by atoms with van der Waals surface area (Å²) in [4.78, 5) is 34.1. The number of esters is 1. The quantitative estimate of drug-likeness (QED) is 0.320. The molecule has 1 amide bonds. The van der Waals surface area contributed by atoms with E-state index in [-0.39, 0.29) is 5.91 Å². The lowest BCUT2D eigenvalue weighted by Crippen LogP contribution is -2.46. The molecule has 3 aromatic rings. The average molecular weight is 512 g/mol. The van der Waals surface area contributed by atoms with Crippen LogP contribution in [0.15, 0.2) is 48.5 Å². The molecular formula is C32H37N3O3. The third kappa shape index (κ3) is 4.89. The lowest BCUT2D eigenvalue weighted by Gasteiger charge is -2.57. The Morgan fingerprint density at radius 1 is 1.03 bits per heavy atom. The monoisotopic (exact) mass is 511 g/mol.